The van der Waals surface area contributed by atoms with E-state index >= 15 is 0 Å². The monoisotopic (exact) mass is 268 g/mol. The fourth-order valence-corrected chi connectivity index (χ4v) is 2.83. The highest BCUT2D eigenvalue weighted by molar-refractivity contribution is 7.92. The van der Waals surface area contributed by atoms with Gasteiger partial charge >= 0.3 is 0 Å². The molecule has 18 heavy (non-hydrogen) atoms. The summed E-state index contributed by atoms with van der Waals surface area (Å²) in [6, 6.07) is 3.63. The number of aromatic amines is 1. The molecular formula is C11H16N4O2S. The van der Waals surface area contributed by atoms with Crippen molar-refractivity contribution in [1.29, 1.82) is 0 Å². The van der Waals surface area contributed by atoms with Crippen molar-refractivity contribution in [2.75, 3.05) is 10.5 Å². The Morgan fingerprint density at radius 3 is 2.89 bits per heavy atom. The van der Waals surface area contributed by atoms with Crippen molar-refractivity contribution < 1.29 is 8.42 Å². The summed E-state index contributed by atoms with van der Waals surface area (Å²) in [5.74, 6) is 0.422. The van der Waals surface area contributed by atoms with Gasteiger partial charge in [0, 0.05) is 5.69 Å². The van der Waals surface area contributed by atoms with Gasteiger partial charge < -0.3 is 0 Å². The summed E-state index contributed by atoms with van der Waals surface area (Å²) in [5, 5.41) is 7.35. The molecule has 0 radical (unpaired) electrons. The second-order valence-corrected chi connectivity index (χ2v) is 6.04. The van der Waals surface area contributed by atoms with Gasteiger partial charge in [-0.05, 0) is 25.5 Å². The molecule has 0 aliphatic heterocycles. The summed E-state index contributed by atoms with van der Waals surface area (Å²) in [7, 11) is -3.33. The summed E-state index contributed by atoms with van der Waals surface area (Å²) in [5.41, 5.74) is 1.44. The summed E-state index contributed by atoms with van der Waals surface area (Å²) < 4.78 is 26.0. The third kappa shape index (κ3) is 2.79. The van der Waals surface area contributed by atoms with Gasteiger partial charge in [0.05, 0.1) is 11.1 Å². The predicted octanol–water partition coefficient (Wildman–Crippen LogP) is 1.81. The van der Waals surface area contributed by atoms with Crippen LogP contribution in [0, 0.1) is 6.92 Å². The molecule has 2 aromatic rings. The Morgan fingerprint density at radius 1 is 1.39 bits per heavy atom. The highest BCUT2D eigenvalue weighted by Gasteiger charge is 2.14. The van der Waals surface area contributed by atoms with Crippen LogP contribution in [-0.2, 0) is 10.0 Å². The third-order valence-electron chi connectivity index (χ3n) is 2.58. The van der Waals surface area contributed by atoms with E-state index in [9.17, 15) is 8.42 Å². The first kappa shape index (κ1) is 12.8. The molecule has 0 aliphatic rings. The molecule has 98 valence electrons. The molecule has 0 saturated heterocycles. The van der Waals surface area contributed by atoms with Crippen molar-refractivity contribution in [1.82, 2.24) is 15.2 Å². The number of hydrogen-bond donors (Lipinski definition) is 2. The molecule has 2 N–H and O–H groups in total. The van der Waals surface area contributed by atoms with Gasteiger partial charge in [-0.3, -0.25) is 9.82 Å². The maximum Gasteiger partial charge on any atom is 0.233 e. The first-order valence-corrected chi connectivity index (χ1v) is 7.49. The minimum absolute atomic E-state index is 0.108. The number of nitrogens with zero attached hydrogens (tertiary/aromatic N) is 2. The van der Waals surface area contributed by atoms with E-state index in [4.69, 9.17) is 0 Å². The predicted molar refractivity (Wildman–Crippen MR) is 70.9 cm³/mol. The van der Waals surface area contributed by atoms with E-state index in [1.54, 1.807) is 6.07 Å². The molecule has 7 heteroatoms. The molecule has 6 nitrogen and oxygen atoms in total. The van der Waals surface area contributed by atoms with E-state index in [0.29, 0.717) is 23.3 Å². The number of aromatic nitrogens is 3. The van der Waals surface area contributed by atoms with Crippen LogP contribution in [0.2, 0.25) is 0 Å². The largest absolute Gasteiger partial charge is 0.265 e. The number of unbranched alkanes of at least 4 members (excludes halogenated alkanes) is 1. The number of fused-ring (bicyclic) bond motifs is 1. The fourth-order valence-electron chi connectivity index (χ4n) is 1.61. The number of rotatable bonds is 5. The quantitative estimate of drug-likeness (QED) is 0.865. The standard InChI is InChI=1S/C11H16N4O2S/c1-3-4-7-18(16,17)15-11-9-6-5-8(2)12-10(9)13-14-11/h5-6H,3-4,7H2,1-2H3,(H2,12,13,14,15). The van der Waals surface area contributed by atoms with Crippen LogP contribution in [0.3, 0.4) is 0 Å². The van der Waals surface area contributed by atoms with Crippen LogP contribution in [0.1, 0.15) is 25.5 Å². The maximum absolute atomic E-state index is 11.8. The molecule has 2 aromatic heterocycles. The highest BCUT2D eigenvalue weighted by atomic mass is 32.2. The Morgan fingerprint density at radius 2 is 2.17 bits per heavy atom. The van der Waals surface area contributed by atoms with Crippen molar-refractivity contribution in [3.05, 3.63) is 17.8 Å². The number of hydrogen-bond acceptors (Lipinski definition) is 4. The average Bonchev–Trinajstić information content (AvgIpc) is 2.68. The first-order chi connectivity index (χ1) is 8.52. The van der Waals surface area contributed by atoms with Crippen LogP contribution in [0.4, 0.5) is 5.82 Å². The summed E-state index contributed by atoms with van der Waals surface area (Å²) in [6.45, 7) is 3.82. The molecule has 2 heterocycles. The van der Waals surface area contributed by atoms with Crippen LogP contribution in [0.15, 0.2) is 12.1 Å². The van der Waals surface area contributed by atoms with Gasteiger partial charge in [0.1, 0.15) is 0 Å². The van der Waals surface area contributed by atoms with Gasteiger partial charge in [-0.25, -0.2) is 13.4 Å². The van der Waals surface area contributed by atoms with Crippen molar-refractivity contribution in [3.8, 4) is 0 Å². The van der Waals surface area contributed by atoms with E-state index in [1.807, 2.05) is 19.9 Å². The number of aryl methyl sites for hydroxylation is 1. The van der Waals surface area contributed by atoms with Crippen molar-refractivity contribution >= 4 is 26.9 Å². The second kappa shape index (κ2) is 4.93. The molecular weight excluding hydrogens is 252 g/mol. The fraction of sp³-hybridized carbons (Fsp3) is 0.455. The van der Waals surface area contributed by atoms with E-state index < -0.39 is 10.0 Å². The van der Waals surface area contributed by atoms with Gasteiger partial charge in [0.2, 0.25) is 10.0 Å². The SMILES string of the molecule is CCCCS(=O)(=O)Nc1n[nH]c2nc(C)ccc12. The average molecular weight is 268 g/mol. The lowest BCUT2D eigenvalue weighted by Gasteiger charge is -2.04. The zero-order valence-corrected chi connectivity index (χ0v) is 11.2. The molecule has 0 spiro atoms. The Hall–Kier alpha value is -1.63. The van der Waals surface area contributed by atoms with Gasteiger partial charge in [-0.15, -0.1) is 0 Å². The molecule has 0 amide bonds. The third-order valence-corrected chi connectivity index (χ3v) is 3.91. The zero-order valence-electron chi connectivity index (χ0n) is 10.4. The van der Waals surface area contributed by atoms with Crippen LogP contribution in [-0.4, -0.2) is 29.4 Å². The van der Waals surface area contributed by atoms with E-state index in [1.165, 1.54) is 0 Å². The molecule has 0 aromatic carbocycles. The van der Waals surface area contributed by atoms with Gasteiger partial charge in [-0.2, -0.15) is 5.10 Å². The number of nitrogens with one attached hydrogen (secondary N) is 2. The van der Waals surface area contributed by atoms with Crippen molar-refractivity contribution in [3.63, 3.8) is 0 Å². The van der Waals surface area contributed by atoms with E-state index in [2.05, 4.69) is 19.9 Å². The summed E-state index contributed by atoms with van der Waals surface area (Å²) in [4.78, 5) is 4.24. The Labute approximate surface area is 106 Å². The van der Waals surface area contributed by atoms with Gasteiger partial charge in [-0.1, -0.05) is 13.3 Å². The summed E-state index contributed by atoms with van der Waals surface area (Å²) in [6.07, 6.45) is 1.47. The summed E-state index contributed by atoms with van der Waals surface area (Å²) >= 11 is 0. The molecule has 0 fully saturated rings. The zero-order chi connectivity index (χ0) is 13.2. The topological polar surface area (TPSA) is 87.7 Å². The Bertz CT molecular complexity index is 648. The van der Waals surface area contributed by atoms with Crippen molar-refractivity contribution in [2.45, 2.75) is 26.7 Å². The second-order valence-electron chi connectivity index (χ2n) is 4.20. The van der Waals surface area contributed by atoms with Crippen LogP contribution in [0.5, 0.6) is 0 Å². The first-order valence-electron chi connectivity index (χ1n) is 5.84. The number of pyridine rings is 1. The Kier molecular flexibility index (Phi) is 3.51. The number of anilines is 1. The molecule has 2 rings (SSSR count). The van der Waals surface area contributed by atoms with Crippen LogP contribution < -0.4 is 4.72 Å². The number of H-pyrrole nitrogens is 1. The Balaban J connectivity index is 2.27. The maximum atomic E-state index is 11.8. The minimum atomic E-state index is -3.33. The molecule has 0 atom stereocenters. The molecule has 0 unspecified atom stereocenters. The van der Waals surface area contributed by atoms with Gasteiger partial charge in [0.25, 0.3) is 0 Å². The van der Waals surface area contributed by atoms with Crippen molar-refractivity contribution in [2.24, 2.45) is 0 Å². The smallest absolute Gasteiger partial charge is 0.233 e. The lowest BCUT2D eigenvalue weighted by atomic mass is 10.3. The normalized spacial score (nSPS) is 11.9. The van der Waals surface area contributed by atoms with E-state index in [0.717, 1.165) is 12.1 Å². The molecule has 0 saturated carbocycles. The van der Waals surface area contributed by atoms with Crippen LogP contribution in [0.25, 0.3) is 11.0 Å². The number of sulfonamides is 1. The minimum Gasteiger partial charge on any atom is -0.265 e. The van der Waals surface area contributed by atoms with Gasteiger partial charge in [0.15, 0.2) is 11.5 Å². The molecule has 0 bridgehead atoms. The molecule has 0 aliphatic carbocycles. The van der Waals surface area contributed by atoms with Crippen LogP contribution >= 0.6 is 0 Å². The lowest BCUT2D eigenvalue weighted by molar-refractivity contribution is 0.597. The van der Waals surface area contributed by atoms with E-state index in [-0.39, 0.29) is 5.75 Å². The highest BCUT2D eigenvalue weighted by Crippen LogP contribution is 2.20. The lowest BCUT2D eigenvalue weighted by Crippen LogP contribution is -2.16.